The summed E-state index contributed by atoms with van der Waals surface area (Å²) in [6, 6.07) is 3.58. The SMILES string of the molecule is O=C(Cn1cc(C(=O)O)nn1)NCc1ccncc1. The Morgan fingerprint density at radius 1 is 1.32 bits per heavy atom. The summed E-state index contributed by atoms with van der Waals surface area (Å²) in [4.78, 5) is 26.1. The number of carboxylic acids is 1. The van der Waals surface area contributed by atoms with Gasteiger partial charge in [0.25, 0.3) is 0 Å². The molecule has 2 aromatic rings. The molecule has 2 rings (SSSR count). The van der Waals surface area contributed by atoms with E-state index in [0.29, 0.717) is 6.54 Å². The van der Waals surface area contributed by atoms with E-state index in [2.05, 4.69) is 20.6 Å². The lowest BCUT2D eigenvalue weighted by Crippen LogP contribution is -2.27. The van der Waals surface area contributed by atoms with Gasteiger partial charge in [0, 0.05) is 18.9 Å². The maximum Gasteiger partial charge on any atom is 0.358 e. The van der Waals surface area contributed by atoms with Crippen molar-refractivity contribution in [2.45, 2.75) is 13.1 Å². The van der Waals surface area contributed by atoms with Crippen LogP contribution in [0.1, 0.15) is 16.1 Å². The predicted octanol–water partition coefficient (Wildman–Crippen LogP) is -0.312. The molecule has 8 heteroatoms. The zero-order chi connectivity index (χ0) is 13.7. The van der Waals surface area contributed by atoms with Gasteiger partial charge in [0.2, 0.25) is 5.91 Å². The number of nitrogens with zero attached hydrogens (tertiary/aromatic N) is 4. The zero-order valence-electron chi connectivity index (χ0n) is 9.85. The molecule has 0 aliphatic rings. The Morgan fingerprint density at radius 2 is 2.05 bits per heavy atom. The molecular formula is C11H11N5O3. The second-order valence-corrected chi connectivity index (χ2v) is 3.74. The molecule has 2 aromatic heterocycles. The molecule has 0 spiro atoms. The van der Waals surface area contributed by atoms with Gasteiger partial charge in [-0.3, -0.25) is 9.78 Å². The van der Waals surface area contributed by atoms with Crippen molar-refractivity contribution in [1.29, 1.82) is 0 Å². The van der Waals surface area contributed by atoms with Crippen molar-refractivity contribution in [2.75, 3.05) is 0 Å². The van der Waals surface area contributed by atoms with Crippen LogP contribution >= 0.6 is 0 Å². The van der Waals surface area contributed by atoms with E-state index in [1.165, 1.54) is 10.9 Å². The summed E-state index contributed by atoms with van der Waals surface area (Å²) in [7, 11) is 0. The number of pyridine rings is 1. The van der Waals surface area contributed by atoms with E-state index in [9.17, 15) is 9.59 Å². The fourth-order valence-corrected chi connectivity index (χ4v) is 1.38. The third-order valence-corrected chi connectivity index (χ3v) is 2.30. The van der Waals surface area contributed by atoms with Gasteiger partial charge >= 0.3 is 5.97 Å². The van der Waals surface area contributed by atoms with E-state index >= 15 is 0 Å². The third-order valence-electron chi connectivity index (χ3n) is 2.30. The molecule has 19 heavy (non-hydrogen) atoms. The molecule has 0 unspecified atom stereocenters. The molecule has 0 saturated carbocycles. The monoisotopic (exact) mass is 261 g/mol. The Bertz CT molecular complexity index is 581. The first-order chi connectivity index (χ1) is 9.15. The number of carboxylic acid groups (broad SMARTS) is 1. The van der Waals surface area contributed by atoms with Crippen molar-refractivity contribution in [3.63, 3.8) is 0 Å². The number of aromatic nitrogens is 4. The highest BCUT2D eigenvalue weighted by Gasteiger charge is 2.10. The molecule has 0 saturated heterocycles. The highest BCUT2D eigenvalue weighted by Crippen LogP contribution is 1.96. The lowest BCUT2D eigenvalue weighted by atomic mass is 10.3. The van der Waals surface area contributed by atoms with Crippen molar-refractivity contribution in [2.24, 2.45) is 0 Å². The summed E-state index contributed by atoms with van der Waals surface area (Å²) in [5, 5.41) is 18.3. The Hall–Kier alpha value is -2.77. The maximum absolute atomic E-state index is 11.6. The molecule has 0 atom stereocenters. The van der Waals surface area contributed by atoms with Crippen LogP contribution in [-0.2, 0) is 17.9 Å². The Labute approximate surface area is 108 Å². The van der Waals surface area contributed by atoms with E-state index in [4.69, 9.17) is 5.11 Å². The van der Waals surface area contributed by atoms with Gasteiger partial charge in [-0.25, -0.2) is 9.48 Å². The molecule has 0 radical (unpaired) electrons. The van der Waals surface area contributed by atoms with Crippen LogP contribution < -0.4 is 5.32 Å². The minimum absolute atomic E-state index is 0.0780. The molecule has 0 fully saturated rings. The predicted molar refractivity (Wildman–Crippen MR) is 63.1 cm³/mol. The molecular weight excluding hydrogens is 250 g/mol. The van der Waals surface area contributed by atoms with E-state index in [1.54, 1.807) is 24.5 Å². The molecule has 0 aliphatic heterocycles. The van der Waals surface area contributed by atoms with Crippen molar-refractivity contribution in [3.8, 4) is 0 Å². The van der Waals surface area contributed by atoms with E-state index < -0.39 is 5.97 Å². The molecule has 0 bridgehead atoms. The Morgan fingerprint density at radius 3 is 2.68 bits per heavy atom. The number of rotatable bonds is 5. The number of carbonyl (C=O) groups excluding carboxylic acids is 1. The van der Waals surface area contributed by atoms with Gasteiger partial charge in [-0.2, -0.15) is 0 Å². The summed E-state index contributed by atoms with van der Waals surface area (Å²) in [5.74, 6) is -1.46. The van der Waals surface area contributed by atoms with Crippen molar-refractivity contribution in [3.05, 3.63) is 42.0 Å². The van der Waals surface area contributed by atoms with Gasteiger partial charge < -0.3 is 10.4 Å². The number of aromatic carboxylic acids is 1. The lowest BCUT2D eigenvalue weighted by Gasteiger charge is -2.04. The summed E-state index contributed by atoms with van der Waals surface area (Å²) in [6.07, 6.45) is 4.48. The average Bonchev–Trinajstić information content (AvgIpc) is 2.86. The van der Waals surface area contributed by atoms with Crippen LogP contribution in [0.3, 0.4) is 0 Å². The van der Waals surface area contributed by atoms with Crippen LogP contribution in [-0.4, -0.2) is 37.0 Å². The van der Waals surface area contributed by atoms with E-state index in [0.717, 1.165) is 5.56 Å². The van der Waals surface area contributed by atoms with E-state index in [-0.39, 0.29) is 18.1 Å². The molecule has 1 amide bonds. The topological polar surface area (TPSA) is 110 Å². The van der Waals surface area contributed by atoms with Crippen LogP contribution in [0.2, 0.25) is 0 Å². The molecule has 98 valence electrons. The zero-order valence-corrected chi connectivity index (χ0v) is 9.85. The van der Waals surface area contributed by atoms with Gasteiger partial charge in [0.1, 0.15) is 6.54 Å². The minimum Gasteiger partial charge on any atom is -0.476 e. The summed E-state index contributed by atoms with van der Waals surface area (Å²) < 4.78 is 1.17. The maximum atomic E-state index is 11.6. The summed E-state index contributed by atoms with van der Waals surface area (Å²) in [6.45, 7) is 0.299. The molecule has 0 aliphatic carbocycles. The summed E-state index contributed by atoms with van der Waals surface area (Å²) >= 11 is 0. The van der Waals surface area contributed by atoms with Gasteiger partial charge in [0.05, 0.1) is 6.20 Å². The number of nitrogens with one attached hydrogen (secondary N) is 1. The van der Waals surface area contributed by atoms with Gasteiger partial charge in [-0.05, 0) is 17.7 Å². The van der Waals surface area contributed by atoms with Crippen LogP contribution in [0.5, 0.6) is 0 Å². The number of hydrogen-bond donors (Lipinski definition) is 2. The van der Waals surface area contributed by atoms with Crippen molar-refractivity contribution < 1.29 is 14.7 Å². The van der Waals surface area contributed by atoms with Gasteiger partial charge in [-0.1, -0.05) is 5.21 Å². The largest absolute Gasteiger partial charge is 0.476 e. The fourth-order valence-electron chi connectivity index (χ4n) is 1.38. The van der Waals surface area contributed by atoms with Crippen LogP contribution in [0, 0.1) is 0 Å². The fraction of sp³-hybridized carbons (Fsp3) is 0.182. The standard InChI is InChI=1S/C11H11N5O3/c17-10(13-5-8-1-3-12-4-2-8)7-16-6-9(11(18)19)14-15-16/h1-4,6H,5,7H2,(H,13,17)(H,18,19). The first-order valence-corrected chi connectivity index (χ1v) is 5.44. The highest BCUT2D eigenvalue weighted by atomic mass is 16.4. The third kappa shape index (κ3) is 3.60. The lowest BCUT2D eigenvalue weighted by molar-refractivity contribution is -0.122. The number of carbonyl (C=O) groups is 2. The quantitative estimate of drug-likeness (QED) is 0.763. The average molecular weight is 261 g/mol. The van der Waals surface area contributed by atoms with Crippen molar-refractivity contribution in [1.82, 2.24) is 25.3 Å². The van der Waals surface area contributed by atoms with Gasteiger partial charge in [0.15, 0.2) is 5.69 Å². The highest BCUT2D eigenvalue weighted by molar-refractivity contribution is 5.84. The molecule has 8 nitrogen and oxygen atoms in total. The Kier molecular flexibility index (Phi) is 3.81. The summed E-state index contributed by atoms with van der Waals surface area (Å²) in [5.41, 5.74) is 0.732. The molecule has 2 heterocycles. The van der Waals surface area contributed by atoms with Gasteiger partial charge in [-0.15, -0.1) is 5.10 Å². The van der Waals surface area contributed by atoms with Crippen LogP contribution in [0.4, 0.5) is 0 Å². The van der Waals surface area contributed by atoms with Crippen molar-refractivity contribution >= 4 is 11.9 Å². The smallest absolute Gasteiger partial charge is 0.358 e. The second-order valence-electron chi connectivity index (χ2n) is 3.74. The second kappa shape index (κ2) is 5.71. The first kappa shape index (κ1) is 12.7. The van der Waals surface area contributed by atoms with E-state index in [1.807, 2.05) is 0 Å². The number of amides is 1. The Balaban J connectivity index is 1.85. The first-order valence-electron chi connectivity index (χ1n) is 5.44. The molecule has 0 aromatic carbocycles. The molecule has 2 N–H and O–H groups in total. The minimum atomic E-state index is -1.18. The van der Waals surface area contributed by atoms with Crippen LogP contribution in [0.15, 0.2) is 30.7 Å². The normalized spacial score (nSPS) is 10.1. The van der Waals surface area contributed by atoms with Crippen LogP contribution in [0.25, 0.3) is 0 Å². The number of hydrogen-bond acceptors (Lipinski definition) is 5.